The van der Waals surface area contributed by atoms with Crippen LogP contribution in [0, 0.1) is 5.92 Å². The third kappa shape index (κ3) is 5.35. The molecule has 1 unspecified atom stereocenters. The number of ether oxygens (including phenoxy) is 1. The van der Waals surface area contributed by atoms with Crippen molar-refractivity contribution < 1.29 is 19.4 Å². The van der Waals surface area contributed by atoms with E-state index in [0.717, 1.165) is 6.61 Å². The molecule has 0 bridgehead atoms. The Morgan fingerprint density at radius 3 is 2.82 bits per heavy atom. The number of benzene rings is 1. The summed E-state index contributed by atoms with van der Waals surface area (Å²) in [7, 11) is 0. The Labute approximate surface area is 134 Å². The molecule has 1 saturated carbocycles. The van der Waals surface area contributed by atoms with Gasteiger partial charge < -0.3 is 15.2 Å². The van der Waals surface area contributed by atoms with Crippen LogP contribution >= 0.6 is 11.8 Å². The number of nitrogens with one attached hydrogen (secondary N) is 1. The number of carbonyl (C=O) groups excluding carboxylic acids is 1. The third-order valence-electron chi connectivity index (χ3n) is 3.37. The number of aliphatic carboxylic acids is 1. The molecule has 120 valence electrons. The van der Waals surface area contributed by atoms with Gasteiger partial charge in [0.05, 0.1) is 12.2 Å². The van der Waals surface area contributed by atoms with Crippen LogP contribution in [-0.2, 0) is 9.53 Å². The van der Waals surface area contributed by atoms with Gasteiger partial charge in [0.25, 0.3) is 5.91 Å². The topological polar surface area (TPSA) is 75.6 Å². The predicted octanol–water partition coefficient (Wildman–Crippen LogP) is 2.41. The second-order valence-electron chi connectivity index (χ2n) is 5.37. The molecular weight excluding hydrogens is 302 g/mol. The Balaban J connectivity index is 1.83. The summed E-state index contributed by atoms with van der Waals surface area (Å²) in [4.78, 5) is 23.8. The van der Waals surface area contributed by atoms with Gasteiger partial charge in [-0.1, -0.05) is 12.1 Å². The standard InChI is InChI=1S/C16H21NO4S/c1-11(16(19)20)22-14-5-3-2-4-13(14)15(18)17-8-9-21-10-12-6-7-12/h2-5,11-12H,6-10H2,1H3,(H,17,18)(H,19,20). The molecule has 1 atom stereocenters. The highest BCUT2D eigenvalue weighted by Gasteiger charge is 2.21. The molecule has 0 aliphatic heterocycles. The highest BCUT2D eigenvalue weighted by molar-refractivity contribution is 8.00. The number of rotatable bonds is 9. The molecule has 1 fully saturated rings. The second kappa shape index (κ2) is 8.19. The van der Waals surface area contributed by atoms with Crippen molar-refractivity contribution in [1.29, 1.82) is 0 Å². The third-order valence-corrected chi connectivity index (χ3v) is 4.53. The zero-order valence-electron chi connectivity index (χ0n) is 12.6. The van der Waals surface area contributed by atoms with Crippen molar-refractivity contribution in [2.75, 3.05) is 19.8 Å². The van der Waals surface area contributed by atoms with Gasteiger partial charge in [0.1, 0.15) is 5.25 Å². The Morgan fingerprint density at radius 2 is 2.14 bits per heavy atom. The van der Waals surface area contributed by atoms with Crippen LogP contribution in [0.5, 0.6) is 0 Å². The number of carbonyl (C=O) groups is 2. The fourth-order valence-corrected chi connectivity index (χ4v) is 2.79. The molecule has 1 aromatic carbocycles. The molecule has 2 rings (SSSR count). The first-order chi connectivity index (χ1) is 10.6. The molecule has 0 saturated heterocycles. The molecule has 6 heteroatoms. The summed E-state index contributed by atoms with van der Waals surface area (Å²) >= 11 is 1.17. The summed E-state index contributed by atoms with van der Waals surface area (Å²) in [5, 5.41) is 11.2. The van der Waals surface area contributed by atoms with E-state index in [1.807, 2.05) is 0 Å². The van der Waals surface area contributed by atoms with Crippen molar-refractivity contribution in [3.63, 3.8) is 0 Å². The largest absolute Gasteiger partial charge is 0.480 e. The Hall–Kier alpha value is -1.53. The SMILES string of the molecule is CC(Sc1ccccc1C(=O)NCCOCC1CC1)C(=O)O. The lowest BCUT2D eigenvalue weighted by Gasteiger charge is -2.12. The lowest BCUT2D eigenvalue weighted by Crippen LogP contribution is -2.28. The minimum atomic E-state index is -0.895. The molecule has 0 aromatic heterocycles. The zero-order valence-corrected chi connectivity index (χ0v) is 13.4. The first kappa shape index (κ1) is 16.8. The first-order valence-corrected chi connectivity index (χ1v) is 8.30. The van der Waals surface area contributed by atoms with Gasteiger partial charge in [-0.3, -0.25) is 9.59 Å². The van der Waals surface area contributed by atoms with E-state index in [0.29, 0.717) is 29.5 Å². The molecular formula is C16H21NO4S. The number of carboxylic acids is 1. The fraction of sp³-hybridized carbons (Fsp3) is 0.500. The second-order valence-corrected chi connectivity index (χ2v) is 6.75. The molecule has 0 heterocycles. The summed E-state index contributed by atoms with van der Waals surface area (Å²) < 4.78 is 5.47. The Morgan fingerprint density at radius 1 is 1.41 bits per heavy atom. The van der Waals surface area contributed by atoms with Crippen LogP contribution in [0.4, 0.5) is 0 Å². The number of thioether (sulfide) groups is 1. The van der Waals surface area contributed by atoms with Crippen LogP contribution in [0.15, 0.2) is 29.2 Å². The van der Waals surface area contributed by atoms with Crippen molar-refractivity contribution in [3.8, 4) is 0 Å². The average molecular weight is 323 g/mol. The fourth-order valence-electron chi connectivity index (χ4n) is 1.86. The molecule has 2 N–H and O–H groups in total. The summed E-state index contributed by atoms with van der Waals surface area (Å²) in [6, 6.07) is 7.04. The van der Waals surface area contributed by atoms with Gasteiger partial charge in [-0.05, 0) is 37.8 Å². The molecule has 1 aliphatic rings. The highest BCUT2D eigenvalue weighted by atomic mass is 32.2. The maximum absolute atomic E-state index is 12.2. The smallest absolute Gasteiger partial charge is 0.316 e. The summed E-state index contributed by atoms with van der Waals surface area (Å²) in [6.45, 7) is 3.34. The molecule has 22 heavy (non-hydrogen) atoms. The lowest BCUT2D eigenvalue weighted by atomic mass is 10.2. The predicted molar refractivity (Wildman–Crippen MR) is 85.3 cm³/mol. The van der Waals surface area contributed by atoms with Crippen LogP contribution in [0.2, 0.25) is 0 Å². The van der Waals surface area contributed by atoms with Crippen LogP contribution in [0.1, 0.15) is 30.1 Å². The summed E-state index contributed by atoms with van der Waals surface area (Å²) in [6.07, 6.45) is 2.50. The minimum Gasteiger partial charge on any atom is -0.480 e. The monoisotopic (exact) mass is 323 g/mol. The van der Waals surface area contributed by atoms with Crippen LogP contribution in [0.3, 0.4) is 0 Å². The van der Waals surface area contributed by atoms with Crippen LogP contribution in [-0.4, -0.2) is 42.0 Å². The summed E-state index contributed by atoms with van der Waals surface area (Å²) in [5.41, 5.74) is 0.503. The zero-order chi connectivity index (χ0) is 15.9. The van der Waals surface area contributed by atoms with E-state index in [9.17, 15) is 9.59 Å². The van der Waals surface area contributed by atoms with E-state index in [1.165, 1.54) is 24.6 Å². The van der Waals surface area contributed by atoms with Gasteiger partial charge in [-0.2, -0.15) is 0 Å². The average Bonchev–Trinajstić information content (AvgIpc) is 3.31. The maximum Gasteiger partial charge on any atom is 0.316 e. The van der Waals surface area contributed by atoms with E-state index in [1.54, 1.807) is 31.2 Å². The molecule has 1 aliphatic carbocycles. The van der Waals surface area contributed by atoms with Crippen LogP contribution < -0.4 is 5.32 Å². The van der Waals surface area contributed by atoms with E-state index >= 15 is 0 Å². The normalized spacial score (nSPS) is 15.3. The van der Waals surface area contributed by atoms with Gasteiger partial charge in [-0.15, -0.1) is 11.8 Å². The van der Waals surface area contributed by atoms with Gasteiger partial charge in [0, 0.05) is 18.0 Å². The molecule has 1 amide bonds. The molecule has 5 nitrogen and oxygen atoms in total. The van der Waals surface area contributed by atoms with Crippen LogP contribution in [0.25, 0.3) is 0 Å². The van der Waals surface area contributed by atoms with Crippen molar-refractivity contribution in [2.24, 2.45) is 5.92 Å². The van der Waals surface area contributed by atoms with E-state index in [4.69, 9.17) is 9.84 Å². The number of amides is 1. The number of hydrogen-bond donors (Lipinski definition) is 2. The van der Waals surface area contributed by atoms with Gasteiger partial charge in [0.15, 0.2) is 0 Å². The van der Waals surface area contributed by atoms with Crippen molar-refractivity contribution >= 4 is 23.6 Å². The number of carboxylic acid groups (broad SMARTS) is 1. The van der Waals surface area contributed by atoms with E-state index in [-0.39, 0.29) is 5.91 Å². The van der Waals surface area contributed by atoms with Crippen molar-refractivity contribution in [1.82, 2.24) is 5.32 Å². The van der Waals surface area contributed by atoms with Gasteiger partial charge in [0.2, 0.25) is 0 Å². The molecule has 0 spiro atoms. The van der Waals surface area contributed by atoms with Crippen molar-refractivity contribution in [3.05, 3.63) is 29.8 Å². The molecule has 0 radical (unpaired) electrons. The Bertz CT molecular complexity index is 531. The van der Waals surface area contributed by atoms with E-state index in [2.05, 4.69) is 5.32 Å². The lowest BCUT2D eigenvalue weighted by molar-refractivity contribution is -0.136. The highest BCUT2D eigenvalue weighted by Crippen LogP contribution is 2.28. The molecule has 1 aromatic rings. The van der Waals surface area contributed by atoms with E-state index < -0.39 is 11.2 Å². The van der Waals surface area contributed by atoms with Gasteiger partial charge in [-0.25, -0.2) is 0 Å². The van der Waals surface area contributed by atoms with Crippen molar-refractivity contribution in [2.45, 2.75) is 29.9 Å². The van der Waals surface area contributed by atoms with Gasteiger partial charge >= 0.3 is 5.97 Å². The minimum absolute atomic E-state index is 0.198. The number of hydrogen-bond acceptors (Lipinski definition) is 4. The maximum atomic E-state index is 12.2. The summed E-state index contributed by atoms with van der Waals surface area (Å²) in [5.74, 6) is -0.380. The first-order valence-electron chi connectivity index (χ1n) is 7.42. The quantitative estimate of drug-likeness (QED) is 0.539. The Kier molecular flexibility index (Phi) is 6.27.